The van der Waals surface area contributed by atoms with E-state index in [0.717, 1.165) is 9.80 Å². The van der Waals surface area contributed by atoms with E-state index >= 15 is 0 Å². The van der Waals surface area contributed by atoms with Crippen molar-refractivity contribution in [3.8, 4) is 0 Å². The van der Waals surface area contributed by atoms with Crippen LogP contribution in [0, 0.1) is 0 Å². The molecule has 0 saturated heterocycles. The van der Waals surface area contributed by atoms with Gasteiger partial charge in [0.05, 0.1) is 22.3 Å². The lowest BCUT2D eigenvalue weighted by Crippen LogP contribution is -2.50. The van der Waals surface area contributed by atoms with Crippen LogP contribution in [-0.2, 0) is 0 Å². The summed E-state index contributed by atoms with van der Waals surface area (Å²) in [6.45, 7) is 0. The number of benzene rings is 2. The second-order valence-electron chi connectivity index (χ2n) is 6.72. The van der Waals surface area contributed by atoms with E-state index in [9.17, 15) is 19.2 Å². The molecule has 2 heterocycles. The fraction of sp³-hybridized carbons (Fsp3) is 0.111. The van der Waals surface area contributed by atoms with Crippen LogP contribution >= 0.6 is 159 Å². The maximum atomic E-state index is 13.3. The minimum Gasteiger partial charge on any atom is -0.268 e. The van der Waals surface area contributed by atoms with Gasteiger partial charge in [0.2, 0.25) is 0 Å². The average Bonchev–Trinajstić information content (AvgIpc) is 3.21. The van der Waals surface area contributed by atoms with E-state index in [4.69, 9.17) is 0 Å². The second kappa shape index (κ2) is 10.2. The highest BCUT2D eigenvalue weighted by Gasteiger charge is 2.50. The van der Waals surface area contributed by atoms with Gasteiger partial charge in [-0.15, -0.1) is 0 Å². The number of nitrogens with zero attached hydrogens (tertiary/aromatic N) is 2. The third-order valence-corrected chi connectivity index (χ3v) is 17.1. The fourth-order valence-corrected chi connectivity index (χ4v) is 9.56. The SMILES string of the molecule is O=C1c2c(Br)c(Br)c(Br)c(Br)c2C(=O)N1C(Br)C(Br)N1C(=O)c2c(Br)c(Br)c(Br)c(Br)c2C1=O. The van der Waals surface area contributed by atoms with Gasteiger partial charge in [0.15, 0.2) is 0 Å². The first-order valence-corrected chi connectivity index (χ1v) is 16.7. The maximum Gasteiger partial charge on any atom is 0.263 e. The van der Waals surface area contributed by atoms with Crippen LogP contribution in [0.2, 0.25) is 0 Å². The lowest BCUT2D eigenvalue weighted by Gasteiger charge is -2.30. The second-order valence-corrected chi connectivity index (χ2v) is 14.9. The van der Waals surface area contributed by atoms with Crippen molar-refractivity contribution >= 4 is 183 Å². The molecule has 0 fully saturated rings. The number of carbonyl (C=O) groups is 4. The number of fused-ring (bicyclic) bond motifs is 2. The van der Waals surface area contributed by atoms with Gasteiger partial charge in [0, 0.05) is 35.8 Å². The number of halogens is 10. The third-order valence-electron chi connectivity index (χ3n) is 4.99. The van der Waals surface area contributed by atoms with E-state index in [1.165, 1.54) is 0 Å². The molecule has 0 aliphatic carbocycles. The molecule has 0 radical (unpaired) electrons. The van der Waals surface area contributed by atoms with Crippen molar-refractivity contribution < 1.29 is 19.2 Å². The molecule has 6 nitrogen and oxygen atoms in total. The Bertz CT molecular complexity index is 1180. The Labute approximate surface area is 276 Å². The third kappa shape index (κ3) is 4.05. The maximum absolute atomic E-state index is 13.3. The van der Waals surface area contributed by atoms with Crippen LogP contribution in [0.1, 0.15) is 41.4 Å². The van der Waals surface area contributed by atoms with Gasteiger partial charge in [-0.3, -0.25) is 29.0 Å². The highest BCUT2D eigenvalue weighted by atomic mass is 79.9. The number of amides is 4. The Kier molecular flexibility index (Phi) is 8.60. The minimum atomic E-state index is -1.08. The van der Waals surface area contributed by atoms with Crippen LogP contribution < -0.4 is 0 Å². The van der Waals surface area contributed by atoms with E-state index in [1.807, 2.05) is 0 Å². The molecule has 2 aromatic rings. The molecule has 4 rings (SSSR count). The van der Waals surface area contributed by atoms with E-state index in [1.54, 1.807) is 0 Å². The molecular formula is C18H2Br10N2O4. The molecule has 0 saturated carbocycles. The fourth-order valence-electron chi connectivity index (χ4n) is 3.43. The molecule has 2 aliphatic rings. The summed E-state index contributed by atoms with van der Waals surface area (Å²) < 4.78 is 3.78. The molecular weight excluding hydrogens is 1110 g/mol. The van der Waals surface area contributed by atoms with Gasteiger partial charge in [-0.2, -0.15) is 0 Å². The van der Waals surface area contributed by atoms with Crippen LogP contribution in [0.3, 0.4) is 0 Å². The summed E-state index contributed by atoms with van der Waals surface area (Å²) in [5.74, 6) is -2.40. The normalized spacial score (nSPS) is 17.0. The van der Waals surface area contributed by atoms with Crippen molar-refractivity contribution in [2.24, 2.45) is 0 Å². The summed E-state index contributed by atoms with van der Waals surface area (Å²) in [7, 11) is 0. The summed E-state index contributed by atoms with van der Waals surface area (Å²) in [4.78, 5) is 53.1. The highest BCUT2D eigenvalue weighted by Crippen LogP contribution is 2.48. The van der Waals surface area contributed by atoms with Gasteiger partial charge in [0.1, 0.15) is 9.90 Å². The van der Waals surface area contributed by atoms with E-state index < -0.39 is 33.5 Å². The minimum absolute atomic E-state index is 0.150. The predicted octanol–water partition coefficient (Wildman–Crippen LogP) is 9.12. The summed E-state index contributed by atoms with van der Waals surface area (Å²) in [6.07, 6.45) is 0. The summed E-state index contributed by atoms with van der Waals surface area (Å²) >= 11 is 33.8. The Morgan fingerprint density at radius 3 is 0.735 bits per heavy atom. The van der Waals surface area contributed by atoms with E-state index in [0.29, 0.717) is 35.8 Å². The standard InChI is InChI=1S/C18H2Br10N2O4/c19-5-1-2(6(20)10(24)9(5)23)16(32)29(15(1)31)13(27)14(28)30-17(33)3-4(18(30)34)8(22)12(26)11(25)7(3)21/h13-14H. The predicted molar refractivity (Wildman–Crippen MR) is 161 cm³/mol. The molecule has 0 aromatic heterocycles. The topological polar surface area (TPSA) is 74.8 Å². The van der Waals surface area contributed by atoms with E-state index in [-0.39, 0.29) is 22.3 Å². The van der Waals surface area contributed by atoms with Crippen LogP contribution in [0.5, 0.6) is 0 Å². The van der Waals surface area contributed by atoms with Crippen LogP contribution in [0.4, 0.5) is 0 Å². The molecule has 178 valence electrons. The smallest absolute Gasteiger partial charge is 0.263 e. The number of rotatable bonds is 3. The number of alkyl halides is 2. The van der Waals surface area contributed by atoms with Crippen molar-refractivity contribution in [3.63, 3.8) is 0 Å². The molecule has 0 N–H and O–H groups in total. The van der Waals surface area contributed by atoms with Gasteiger partial charge in [0.25, 0.3) is 23.6 Å². The Balaban J connectivity index is 1.76. The van der Waals surface area contributed by atoms with Gasteiger partial charge in [-0.1, -0.05) is 31.9 Å². The van der Waals surface area contributed by atoms with Crippen LogP contribution in [-0.4, -0.2) is 43.3 Å². The zero-order valence-electron chi connectivity index (χ0n) is 15.5. The molecule has 0 spiro atoms. The van der Waals surface area contributed by atoms with Gasteiger partial charge < -0.3 is 0 Å². The molecule has 2 aliphatic heterocycles. The molecule has 34 heavy (non-hydrogen) atoms. The number of hydrogen-bond donors (Lipinski definition) is 0. The zero-order valence-corrected chi connectivity index (χ0v) is 31.3. The van der Waals surface area contributed by atoms with Crippen LogP contribution in [0.15, 0.2) is 35.8 Å². The summed E-state index contributed by atoms with van der Waals surface area (Å²) in [5.41, 5.74) is 0.599. The Morgan fingerprint density at radius 2 is 0.559 bits per heavy atom. The Hall–Kier alpha value is 1.52. The molecule has 0 bridgehead atoms. The number of carbonyl (C=O) groups excluding carboxylic acids is 4. The Morgan fingerprint density at radius 1 is 0.382 bits per heavy atom. The lowest BCUT2D eigenvalue weighted by atomic mass is 10.1. The van der Waals surface area contributed by atoms with Crippen molar-refractivity contribution in [3.05, 3.63) is 58.0 Å². The number of hydrogen-bond acceptors (Lipinski definition) is 4. The molecule has 4 amide bonds. The highest BCUT2D eigenvalue weighted by molar-refractivity contribution is 9.16. The summed E-state index contributed by atoms with van der Waals surface area (Å²) in [6, 6.07) is 0. The van der Waals surface area contributed by atoms with Crippen molar-refractivity contribution in [1.29, 1.82) is 0 Å². The molecule has 2 aromatic carbocycles. The lowest BCUT2D eigenvalue weighted by molar-refractivity contribution is 0.0525. The van der Waals surface area contributed by atoms with Crippen molar-refractivity contribution in [2.75, 3.05) is 0 Å². The van der Waals surface area contributed by atoms with Crippen LogP contribution in [0.25, 0.3) is 0 Å². The quantitative estimate of drug-likeness (QED) is 0.101. The molecule has 16 heteroatoms. The van der Waals surface area contributed by atoms with Gasteiger partial charge in [-0.05, 0) is 127 Å². The van der Waals surface area contributed by atoms with E-state index in [2.05, 4.69) is 159 Å². The summed E-state index contributed by atoms with van der Waals surface area (Å²) in [5, 5.41) is 0. The van der Waals surface area contributed by atoms with Gasteiger partial charge >= 0.3 is 0 Å². The first-order chi connectivity index (χ1) is 15.7. The average molecular weight is 1110 g/mol. The van der Waals surface area contributed by atoms with Crippen molar-refractivity contribution in [2.45, 2.75) is 9.90 Å². The first kappa shape index (κ1) is 28.5. The molecule has 2 atom stereocenters. The monoisotopic (exact) mass is 1100 g/mol. The van der Waals surface area contributed by atoms with Crippen molar-refractivity contribution in [1.82, 2.24) is 9.80 Å². The molecule has 2 unspecified atom stereocenters. The zero-order chi connectivity index (χ0) is 25.5. The first-order valence-electron chi connectivity index (χ1n) is 8.51. The van der Waals surface area contributed by atoms with Gasteiger partial charge in [-0.25, -0.2) is 0 Å². The largest absolute Gasteiger partial charge is 0.268 e. The number of imide groups is 2.